The average molecular weight is 387 g/mol. The van der Waals surface area contributed by atoms with Crippen LogP contribution < -0.4 is 5.32 Å². The van der Waals surface area contributed by atoms with E-state index in [2.05, 4.69) is 94.0 Å². The minimum atomic E-state index is 0.0604. The summed E-state index contributed by atoms with van der Waals surface area (Å²) in [7, 11) is 0. The van der Waals surface area contributed by atoms with Gasteiger partial charge >= 0.3 is 0 Å². The van der Waals surface area contributed by atoms with Gasteiger partial charge in [-0.15, -0.1) is 10.2 Å². The van der Waals surface area contributed by atoms with Crippen molar-refractivity contribution in [3.8, 4) is 11.5 Å². The third kappa shape index (κ3) is 6.14. The highest BCUT2D eigenvalue weighted by Crippen LogP contribution is 2.33. The fourth-order valence-corrected chi connectivity index (χ4v) is 3.03. The first-order chi connectivity index (χ1) is 13.0. The Morgan fingerprint density at radius 2 is 1.46 bits per heavy atom. The Morgan fingerprint density at radius 1 is 0.893 bits per heavy atom. The molecule has 1 aromatic heterocycles. The Kier molecular flexibility index (Phi) is 7.40. The number of hydrogen-bond acceptors (Lipinski definition) is 5. The molecule has 1 N–H and O–H groups in total. The molecule has 0 bridgehead atoms. The van der Waals surface area contributed by atoms with Crippen molar-refractivity contribution in [3.63, 3.8) is 0 Å². The molecule has 5 nitrogen and oxygen atoms in total. The minimum Gasteiger partial charge on any atom is -0.419 e. The van der Waals surface area contributed by atoms with Gasteiger partial charge in [-0.2, -0.15) is 0 Å². The summed E-state index contributed by atoms with van der Waals surface area (Å²) in [6.07, 6.45) is 0. The molecule has 0 aliphatic heterocycles. The van der Waals surface area contributed by atoms with Crippen LogP contribution in [0, 0.1) is 0 Å². The van der Waals surface area contributed by atoms with E-state index in [9.17, 15) is 0 Å². The summed E-state index contributed by atoms with van der Waals surface area (Å²) in [5, 5.41) is 12.0. The van der Waals surface area contributed by atoms with Crippen molar-refractivity contribution in [1.82, 2.24) is 20.4 Å². The van der Waals surface area contributed by atoms with Crippen molar-refractivity contribution < 1.29 is 4.42 Å². The van der Waals surface area contributed by atoms with Gasteiger partial charge in [-0.25, -0.2) is 0 Å². The van der Waals surface area contributed by atoms with Crippen LogP contribution in [0.5, 0.6) is 0 Å². The van der Waals surface area contributed by atoms with Crippen molar-refractivity contribution in [2.45, 2.75) is 72.8 Å². The van der Waals surface area contributed by atoms with Gasteiger partial charge in [0.2, 0.25) is 11.8 Å². The maximum atomic E-state index is 5.97. The maximum absolute atomic E-state index is 5.97. The van der Waals surface area contributed by atoms with Crippen LogP contribution in [-0.2, 0) is 17.4 Å². The van der Waals surface area contributed by atoms with E-state index < -0.39 is 0 Å². The van der Waals surface area contributed by atoms with Gasteiger partial charge in [0, 0.05) is 18.7 Å². The normalized spacial score (nSPS) is 12.8. The fraction of sp³-hybridized carbons (Fsp3) is 0.652. The van der Waals surface area contributed by atoms with Crippen LogP contribution in [-0.4, -0.2) is 41.3 Å². The van der Waals surface area contributed by atoms with Crippen molar-refractivity contribution in [3.05, 3.63) is 35.2 Å². The lowest BCUT2D eigenvalue weighted by atomic mass is 9.79. The van der Waals surface area contributed by atoms with Gasteiger partial charge in [-0.1, -0.05) is 61.5 Å². The molecule has 28 heavy (non-hydrogen) atoms. The quantitative estimate of drug-likeness (QED) is 0.663. The SMILES string of the molecule is CCN(CC)CCNCc1nnc(-c2cc(C(C)(C)C)cc(C(C)(C)C)c2)o1. The lowest BCUT2D eigenvalue weighted by molar-refractivity contribution is 0.300. The van der Waals surface area contributed by atoms with E-state index in [1.54, 1.807) is 0 Å². The van der Waals surface area contributed by atoms with E-state index in [-0.39, 0.29) is 10.8 Å². The summed E-state index contributed by atoms with van der Waals surface area (Å²) < 4.78 is 5.97. The summed E-state index contributed by atoms with van der Waals surface area (Å²) in [4.78, 5) is 2.39. The molecule has 0 aliphatic carbocycles. The van der Waals surface area contributed by atoms with Crippen LogP contribution >= 0.6 is 0 Å². The molecule has 5 heteroatoms. The van der Waals surface area contributed by atoms with Crippen LogP contribution in [0.3, 0.4) is 0 Å². The zero-order valence-corrected chi connectivity index (χ0v) is 19.0. The molecule has 0 unspecified atom stereocenters. The Balaban J connectivity index is 2.15. The number of rotatable bonds is 8. The molecule has 0 saturated carbocycles. The van der Waals surface area contributed by atoms with Gasteiger partial charge in [-0.3, -0.25) is 0 Å². The van der Waals surface area contributed by atoms with Crippen LogP contribution in [0.4, 0.5) is 0 Å². The Bertz CT molecular complexity index is 716. The molecule has 0 atom stereocenters. The molecule has 2 aromatic rings. The number of likely N-dealkylation sites (N-methyl/N-ethyl adjacent to an activating group) is 1. The molecule has 1 heterocycles. The summed E-state index contributed by atoms with van der Waals surface area (Å²) in [6, 6.07) is 6.66. The second-order valence-electron chi connectivity index (χ2n) is 9.50. The van der Waals surface area contributed by atoms with Gasteiger partial charge < -0.3 is 14.6 Å². The van der Waals surface area contributed by atoms with E-state index in [0.717, 1.165) is 31.7 Å². The van der Waals surface area contributed by atoms with Gasteiger partial charge in [0.25, 0.3) is 0 Å². The van der Waals surface area contributed by atoms with Crippen LogP contribution in [0.15, 0.2) is 22.6 Å². The lowest BCUT2D eigenvalue weighted by Crippen LogP contribution is -2.31. The first-order valence-corrected chi connectivity index (χ1v) is 10.5. The predicted molar refractivity (Wildman–Crippen MR) is 117 cm³/mol. The molecular weight excluding hydrogens is 348 g/mol. The highest BCUT2D eigenvalue weighted by atomic mass is 16.4. The van der Waals surface area contributed by atoms with Crippen molar-refractivity contribution in [2.75, 3.05) is 26.2 Å². The van der Waals surface area contributed by atoms with Crippen LogP contribution in [0.1, 0.15) is 72.4 Å². The summed E-state index contributed by atoms with van der Waals surface area (Å²) in [5.74, 6) is 1.23. The number of nitrogens with one attached hydrogen (secondary N) is 1. The third-order valence-corrected chi connectivity index (χ3v) is 5.15. The van der Waals surface area contributed by atoms with Gasteiger partial charge in [0.1, 0.15) is 0 Å². The molecule has 0 radical (unpaired) electrons. The molecular formula is C23H38N4O. The highest BCUT2D eigenvalue weighted by Gasteiger charge is 2.22. The second-order valence-corrected chi connectivity index (χ2v) is 9.50. The van der Waals surface area contributed by atoms with E-state index in [4.69, 9.17) is 4.42 Å². The Morgan fingerprint density at radius 3 is 1.96 bits per heavy atom. The van der Waals surface area contributed by atoms with Crippen molar-refractivity contribution in [1.29, 1.82) is 0 Å². The topological polar surface area (TPSA) is 54.2 Å². The van der Waals surface area contributed by atoms with Gasteiger partial charge in [-0.05, 0) is 47.2 Å². The number of aromatic nitrogens is 2. The maximum Gasteiger partial charge on any atom is 0.247 e. The Labute approximate surface area is 170 Å². The molecule has 1 aromatic carbocycles. The van der Waals surface area contributed by atoms with E-state index >= 15 is 0 Å². The number of nitrogens with zero attached hydrogens (tertiary/aromatic N) is 3. The molecule has 0 spiro atoms. The van der Waals surface area contributed by atoms with E-state index in [0.29, 0.717) is 18.3 Å². The molecule has 156 valence electrons. The number of hydrogen-bond donors (Lipinski definition) is 1. The van der Waals surface area contributed by atoms with E-state index in [1.165, 1.54) is 11.1 Å². The fourth-order valence-electron chi connectivity index (χ4n) is 3.03. The second kappa shape index (κ2) is 9.19. The zero-order valence-electron chi connectivity index (χ0n) is 19.0. The highest BCUT2D eigenvalue weighted by molar-refractivity contribution is 5.57. The standard InChI is InChI=1S/C23H38N4O/c1-9-27(10-2)12-11-24-16-20-25-26-21(28-20)17-13-18(22(3,4)5)15-19(14-17)23(6,7)8/h13-15,24H,9-12,16H2,1-8H3. The molecule has 2 rings (SSSR count). The summed E-state index contributed by atoms with van der Waals surface area (Å²) in [6.45, 7) is 22.4. The van der Waals surface area contributed by atoms with E-state index in [1.807, 2.05) is 0 Å². The van der Waals surface area contributed by atoms with Crippen LogP contribution in [0.25, 0.3) is 11.5 Å². The van der Waals surface area contributed by atoms with Gasteiger partial charge in [0.05, 0.1) is 6.54 Å². The summed E-state index contributed by atoms with van der Waals surface area (Å²) >= 11 is 0. The van der Waals surface area contributed by atoms with Crippen LogP contribution in [0.2, 0.25) is 0 Å². The smallest absolute Gasteiger partial charge is 0.247 e. The monoisotopic (exact) mass is 386 g/mol. The molecule has 0 saturated heterocycles. The first kappa shape index (κ1) is 22.6. The lowest BCUT2D eigenvalue weighted by Gasteiger charge is -2.25. The molecule has 0 fully saturated rings. The van der Waals surface area contributed by atoms with Crippen molar-refractivity contribution >= 4 is 0 Å². The first-order valence-electron chi connectivity index (χ1n) is 10.5. The minimum absolute atomic E-state index is 0.0604. The zero-order chi connectivity index (χ0) is 20.9. The largest absolute Gasteiger partial charge is 0.419 e. The molecule has 0 aliphatic rings. The number of benzene rings is 1. The average Bonchev–Trinajstić information content (AvgIpc) is 3.09. The van der Waals surface area contributed by atoms with Crippen molar-refractivity contribution in [2.24, 2.45) is 0 Å². The Hall–Kier alpha value is -1.72. The molecule has 0 amide bonds. The summed E-state index contributed by atoms with van der Waals surface area (Å²) in [5.41, 5.74) is 3.69. The van der Waals surface area contributed by atoms with Gasteiger partial charge in [0.15, 0.2) is 0 Å². The third-order valence-electron chi connectivity index (χ3n) is 5.15. The predicted octanol–water partition coefficient (Wildman–Crippen LogP) is 4.76.